The predicted octanol–water partition coefficient (Wildman–Crippen LogP) is 0.478. The Kier molecular flexibility index (Phi) is 4.62. The van der Waals surface area contributed by atoms with Crippen LogP contribution < -0.4 is 14.2 Å². The number of hydrogen-bond acceptors (Lipinski definition) is 6. The third-order valence-electron chi connectivity index (χ3n) is 3.03. The SMILES string of the molecule is COc1cccc2c1[n+]([O-])c1cccc(O)c1[n+]2[O-].CS(=O)(=O)O. The molecule has 0 aliphatic rings. The van der Waals surface area contributed by atoms with Gasteiger partial charge in [-0.2, -0.15) is 17.9 Å². The molecule has 10 heteroatoms. The number of fused-ring (bicyclic) bond motifs is 2. The summed E-state index contributed by atoms with van der Waals surface area (Å²) >= 11 is 0. The molecule has 0 radical (unpaired) electrons. The van der Waals surface area contributed by atoms with Gasteiger partial charge in [-0.3, -0.25) is 4.55 Å². The minimum atomic E-state index is -3.67. The lowest BCUT2D eigenvalue weighted by Crippen LogP contribution is -2.39. The van der Waals surface area contributed by atoms with Crippen molar-refractivity contribution < 1.29 is 32.3 Å². The van der Waals surface area contributed by atoms with Gasteiger partial charge in [-0.25, -0.2) is 0 Å². The molecule has 2 aromatic carbocycles. The van der Waals surface area contributed by atoms with Gasteiger partial charge in [0.1, 0.15) is 0 Å². The minimum absolute atomic E-state index is 0.0572. The maximum absolute atomic E-state index is 12.3. The number of ether oxygens (including phenoxy) is 1. The van der Waals surface area contributed by atoms with Crippen LogP contribution in [0.25, 0.3) is 22.1 Å². The van der Waals surface area contributed by atoms with Crippen molar-refractivity contribution in [3.63, 3.8) is 0 Å². The second-order valence-electron chi connectivity index (χ2n) is 4.79. The zero-order valence-corrected chi connectivity index (χ0v) is 13.5. The molecule has 1 aromatic heterocycles. The van der Waals surface area contributed by atoms with Crippen molar-refractivity contribution in [2.45, 2.75) is 0 Å². The van der Waals surface area contributed by atoms with E-state index < -0.39 is 10.1 Å². The van der Waals surface area contributed by atoms with Crippen LogP contribution in [0.4, 0.5) is 0 Å². The third-order valence-corrected chi connectivity index (χ3v) is 3.03. The molecule has 0 atom stereocenters. The van der Waals surface area contributed by atoms with Crippen LogP contribution in [0.2, 0.25) is 0 Å². The first-order valence-electron chi connectivity index (χ1n) is 6.51. The van der Waals surface area contributed by atoms with E-state index in [-0.39, 0.29) is 27.8 Å². The predicted molar refractivity (Wildman–Crippen MR) is 85.1 cm³/mol. The van der Waals surface area contributed by atoms with Gasteiger partial charge in [0.2, 0.25) is 0 Å². The van der Waals surface area contributed by atoms with Crippen LogP contribution in [0, 0.1) is 10.4 Å². The molecule has 24 heavy (non-hydrogen) atoms. The highest BCUT2D eigenvalue weighted by Crippen LogP contribution is 2.25. The number of rotatable bonds is 1. The highest BCUT2D eigenvalue weighted by molar-refractivity contribution is 7.85. The number of aromatic hydroxyl groups is 1. The first-order chi connectivity index (χ1) is 11.1. The minimum Gasteiger partial charge on any atom is -0.617 e. The van der Waals surface area contributed by atoms with Crippen molar-refractivity contribution >= 4 is 32.2 Å². The maximum Gasteiger partial charge on any atom is 0.332 e. The zero-order chi connectivity index (χ0) is 18.1. The van der Waals surface area contributed by atoms with Crippen LogP contribution in [-0.4, -0.2) is 31.4 Å². The van der Waals surface area contributed by atoms with Crippen LogP contribution in [0.15, 0.2) is 36.4 Å². The summed E-state index contributed by atoms with van der Waals surface area (Å²) in [6.07, 6.45) is 0.715. The Balaban J connectivity index is 0.000000368. The number of nitrogens with zero attached hydrogens (tertiary/aromatic N) is 2. The van der Waals surface area contributed by atoms with Gasteiger partial charge in [0, 0.05) is 12.1 Å². The second kappa shape index (κ2) is 6.34. The van der Waals surface area contributed by atoms with Crippen molar-refractivity contribution in [2.75, 3.05) is 13.4 Å². The number of benzene rings is 2. The number of methoxy groups -OCH3 is 1. The largest absolute Gasteiger partial charge is 0.617 e. The van der Waals surface area contributed by atoms with E-state index in [0.717, 1.165) is 0 Å². The molecule has 0 spiro atoms. The van der Waals surface area contributed by atoms with Crippen molar-refractivity contribution in [1.29, 1.82) is 0 Å². The molecule has 3 aromatic rings. The Morgan fingerprint density at radius 3 is 2.00 bits per heavy atom. The van der Waals surface area contributed by atoms with Gasteiger partial charge >= 0.3 is 11.0 Å². The van der Waals surface area contributed by atoms with Gasteiger partial charge in [-0.05, 0) is 12.1 Å². The van der Waals surface area contributed by atoms with Gasteiger partial charge < -0.3 is 20.3 Å². The Labute approximate surface area is 136 Å². The number of aromatic nitrogens is 2. The third kappa shape index (κ3) is 3.39. The van der Waals surface area contributed by atoms with E-state index in [9.17, 15) is 23.9 Å². The molecule has 0 aliphatic heterocycles. The molecule has 0 fully saturated rings. The monoisotopic (exact) mass is 354 g/mol. The second-order valence-corrected chi connectivity index (χ2v) is 6.26. The van der Waals surface area contributed by atoms with E-state index in [0.29, 0.717) is 21.5 Å². The van der Waals surface area contributed by atoms with Crippen molar-refractivity contribution in [3.8, 4) is 11.5 Å². The number of para-hydroxylation sites is 2. The first kappa shape index (κ1) is 17.5. The zero-order valence-electron chi connectivity index (χ0n) is 12.7. The quantitative estimate of drug-likeness (QED) is 0.280. The number of phenolic OH excluding ortho intramolecular Hbond substituents is 1. The molecular weight excluding hydrogens is 340 g/mol. The van der Waals surface area contributed by atoms with Gasteiger partial charge in [0.25, 0.3) is 21.2 Å². The lowest BCUT2D eigenvalue weighted by atomic mass is 10.2. The summed E-state index contributed by atoms with van der Waals surface area (Å²) in [6, 6.07) is 9.07. The molecule has 0 aliphatic carbocycles. The van der Waals surface area contributed by atoms with Crippen LogP contribution >= 0.6 is 0 Å². The summed E-state index contributed by atoms with van der Waals surface area (Å²) in [5, 5.41) is 34.4. The lowest BCUT2D eigenvalue weighted by molar-refractivity contribution is -0.591. The van der Waals surface area contributed by atoms with E-state index >= 15 is 0 Å². The van der Waals surface area contributed by atoms with Crippen LogP contribution in [0.1, 0.15) is 0 Å². The molecule has 0 bridgehead atoms. The molecular formula is C14H14N2O7S. The average Bonchev–Trinajstić information content (AvgIpc) is 2.50. The van der Waals surface area contributed by atoms with Crippen molar-refractivity contribution in [3.05, 3.63) is 46.8 Å². The molecule has 0 saturated carbocycles. The smallest absolute Gasteiger partial charge is 0.332 e. The summed E-state index contributed by atoms with van der Waals surface area (Å²) in [7, 11) is -2.24. The van der Waals surface area contributed by atoms with Crippen LogP contribution in [-0.2, 0) is 10.1 Å². The Morgan fingerprint density at radius 2 is 1.46 bits per heavy atom. The maximum atomic E-state index is 12.3. The number of hydrogen-bond donors (Lipinski definition) is 2. The normalized spacial score (nSPS) is 11.1. The summed E-state index contributed by atoms with van der Waals surface area (Å²) in [6.45, 7) is 0. The fourth-order valence-electron chi connectivity index (χ4n) is 2.18. The standard InChI is InChI=1S/C13H10N2O4.CH4O3S/c1-19-11-7-3-5-9-13(11)15(18)8-4-2-6-10(16)12(8)14(9)17;1-5(2,3)4/h2-7,16H,1H3;1H3,(H,2,3,4). The summed E-state index contributed by atoms with van der Waals surface area (Å²) in [5.41, 5.74) is 0.312. The average molecular weight is 354 g/mol. The fraction of sp³-hybridized carbons (Fsp3) is 0.143. The van der Waals surface area contributed by atoms with E-state index in [1.807, 2.05) is 0 Å². The summed E-state index contributed by atoms with van der Waals surface area (Å²) < 4.78 is 32.1. The Morgan fingerprint density at radius 1 is 1.00 bits per heavy atom. The summed E-state index contributed by atoms with van der Waals surface area (Å²) in [5.74, 6) is 0.0733. The molecule has 9 nitrogen and oxygen atoms in total. The first-order valence-corrected chi connectivity index (χ1v) is 8.36. The van der Waals surface area contributed by atoms with E-state index in [2.05, 4.69) is 0 Å². The topological polar surface area (TPSA) is 138 Å². The van der Waals surface area contributed by atoms with Gasteiger partial charge in [0.15, 0.2) is 11.5 Å². The molecule has 3 rings (SSSR count). The van der Waals surface area contributed by atoms with Crippen molar-refractivity contribution in [2.24, 2.45) is 0 Å². The molecule has 128 valence electrons. The Bertz CT molecular complexity index is 1010. The highest BCUT2D eigenvalue weighted by atomic mass is 32.2. The fourth-order valence-corrected chi connectivity index (χ4v) is 2.18. The summed E-state index contributed by atoms with van der Waals surface area (Å²) in [4.78, 5) is 0. The molecule has 0 unspecified atom stereocenters. The van der Waals surface area contributed by atoms with Gasteiger partial charge in [-0.15, -0.1) is 0 Å². The Hall–Kier alpha value is -2.85. The van der Waals surface area contributed by atoms with Crippen molar-refractivity contribution in [1.82, 2.24) is 0 Å². The van der Waals surface area contributed by atoms with Crippen LogP contribution in [0.5, 0.6) is 11.5 Å². The lowest BCUT2D eigenvalue weighted by Gasteiger charge is -2.09. The van der Waals surface area contributed by atoms with Gasteiger partial charge in [-0.1, -0.05) is 12.1 Å². The van der Waals surface area contributed by atoms with E-state index in [1.165, 1.54) is 31.4 Å². The molecule has 1 heterocycles. The molecule has 0 amide bonds. The highest BCUT2D eigenvalue weighted by Gasteiger charge is 2.26. The van der Waals surface area contributed by atoms with Gasteiger partial charge in [0.05, 0.1) is 13.4 Å². The van der Waals surface area contributed by atoms with E-state index in [1.54, 1.807) is 12.1 Å². The molecule has 0 saturated heterocycles. The van der Waals surface area contributed by atoms with Crippen LogP contribution in [0.3, 0.4) is 0 Å². The number of phenols is 1. The van der Waals surface area contributed by atoms with E-state index in [4.69, 9.17) is 9.29 Å². The molecule has 2 N–H and O–H groups in total.